The molecule has 0 saturated carbocycles. The minimum Gasteiger partial charge on any atom is -0.457 e. The van der Waals surface area contributed by atoms with Gasteiger partial charge in [-0.2, -0.15) is 0 Å². The number of nitrogens with zero attached hydrogens (tertiary/aromatic N) is 2. The molecule has 0 radical (unpaired) electrons. The Kier molecular flexibility index (Phi) is 4.40. The van der Waals surface area contributed by atoms with E-state index < -0.39 is 0 Å². The van der Waals surface area contributed by atoms with E-state index in [9.17, 15) is 8.78 Å². The Morgan fingerprint density at radius 1 is 0.576 bits per heavy atom. The maximum Gasteiger partial charge on any atom is 0.227 e. The highest BCUT2D eigenvalue weighted by molar-refractivity contribution is 5.79. The summed E-state index contributed by atoms with van der Waals surface area (Å²) in [6.45, 7) is 0. The zero-order chi connectivity index (χ0) is 22.4. The third-order valence-corrected chi connectivity index (χ3v) is 5.10. The first-order chi connectivity index (χ1) is 16.1. The number of rotatable bonds is 4. The van der Waals surface area contributed by atoms with Gasteiger partial charge in [0.05, 0.1) is 0 Å². The highest BCUT2D eigenvalue weighted by atomic mass is 19.1. The molecule has 0 unspecified atom stereocenters. The molecule has 6 aromatic rings. The highest BCUT2D eigenvalue weighted by Crippen LogP contribution is 2.32. The summed E-state index contributed by atoms with van der Waals surface area (Å²) in [6.07, 6.45) is 0. The van der Waals surface area contributed by atoms with E-state index in [0.29, 0.717) is 56.6 Å². The average Bonchev–Trinajstić information content (AvgIpc) is 3.43. The van der Waals surface area contributed by atoms with Gasteiger partial charge in [-0.15, -0.1) is 0 Å². The van der Waals surface area contributed by atoms with Crippen molar-refractivity contribution in [3.05, 3.63) is 96.6 Å². The molecule has 6 rings (SSSR count). The van der Waals surface area contributed by atoms with Crippen molar-refractivity contribution in [1.82, 2.24) is 9.97 Å². The van der Waals surface area contributed by atoms with Crippen LogP contribution in [0.25, 0.3) is 45.1 Å². The molecular weight excluding hydrogens is 426 g/mol. The van der Waals surface area contributed by atoms with E-state index in [0.717, 1.165) is 0 Å². The Bertz CT molecular complexity index is 1520. The van der Waals surface area contributed by atoms with Gasteiger partial charge < -0.3 is 13.6 Å². The maximum absolute atomic E-state index is 13.5. The van der Waals surface area contributed by atoms with Crippen LogP contribution in [0.4, 0.5) is 8.78 Å². The first kappa shape index (κ1) is 19.2. The molecule has 0 N–H and O–H groups in total. The largest absolute Gasteiger partial charge is 0.457 e. The van der Waals surface area contributed by atoms with Crippen LogP contribution in [-0.2, 0) is 0 Å². The van der Waals surface area contributed by atoms with E-state index in [1.807, 2.05) is 0 Å². The van der Waals surface area contributed by atoms with Crippen LogP contribution in [0.3, 0.4) is 0 Å². The third kappa shape index (κ3) is 3.70. The van der Waals surface area contributed by atoms with Crippen LogP contribution in [0, 0.1) is 11.6 Å². The van der Waals surface area contributed by atoms with Gasteiger partial charge in [-0.1, -0.05) is 12.1 Å². The Hall–Kier alpha value is -4.52. The van der Waals surface area contributed by atoms with Gasteiger partial charge in [0.1, 0.15) is 34.2 Å². The predicted molar refractivity (Wildman–Crippen MR) is 119 cm³/mol. The average molecular weight is 440 g/mol. The van der Waals surface area contributed by atoms with Gasteiger partial charge in [-0.3, -0.25) is 0 Å². The van der Waals surface area contributed by atoms with Gasteiger partial charge >= 0.3 is 0 Å². The van der Waals surface area contributed by atoms with Crippen molar-refractivity contribution in [3.8, 4) is 34.4 Å². The summed E-state index contributed by atoms with van der Waals surface area (Å²) >= 11 is 0. The molecule has 7 heteroatoms. The quantitative estimate of drug-likeness (QED) is 0.286. The van der Waals surface area contributed by atoms with Crippen LogP contribution in [-0.4, -0.2) is 9.97 Å². The summed E-state index contributed by atoms with van der Waals surface area (Å²) in [5, 5.41) is 0. The van der Waals surface area contributed by atoms with Gasteiger partial charge in [0.15, 0.2) is 11.2 Å². The molecule has 2 heterocycles. The lowest BCUT2D eigenvalue weighted by Gasteiger charge is -2.04. The number of halogens is 2. The molecule has 0 spiro atoms. The monoisotopic (exact) mass is 440 g/mol. The second-order valence-electron chi connectivity index (χ2n) is 7.42. The van der Waals surface area contributed by atoms with E-state index in [2.05, 4.69) is 9.97 Å². The van der Waals surface area contributed by atoms with Gasteiger partial charge in [0.25, 0.3) is 0 Å². The SMILES string of the molecule is Fc1cccc(-c2nc3ccc(Oc4ccc5nc(-c6cccc(F)c6)oc5c4)cc3o2)c1. The van der Waals surface area contributed by atoms with Gasteiger partial charge in [0.2, 0.25) is 11.8 Å². The summed E-state index contributed by atoms with van der Waals surface area (Å²) in [7, 11) is 0. The zero-order valence-electron chi connectivity index (χ0n) is 17.0. The van der Waals surface area contributed by atoms with E-state index >= 15 is 0 Å². The standard InChI is InChI=1S/C26H14F2N2O3/c27-17-5-1-3-15(11-17)25-29-21-9-7-19(13-23(21)32-25)31-20-8-10-22-24(14-20)33-26(30-22)16-4-2-6-18(28)12-16/h1-14H. The molecule has 4 aromatic carbocycles. The Morgan fingerprint density at radius 3 is 1.52 bits per heavy atom. The molecule has 0 fully saturated rings. The van der Waals surface area contributed by atoms with Crippen LogP contribution in [0.1, 0.15) is 0 Å². The minimum absolute atomic E-state index is 0.328. The lowest BCUT2D eigenvalue weighted by Crippen LogP contribution is -1.83. The molecule has 0 bridgehead atoms. The van der Waals surface area contributed by atoms with Crippen molar-refractivity contribution in [2.24, 2.45) is 0 Å². The van der Waals surface area contributed by atoms with Crippen LogP contribution in [0.15, 0.2) is 93.8 Å². The third-order valence-electron chi connectivity index (χ3n) is 5.10. The lowest BCUT2D eigenvalue weighted by atomic mass is 10.2. The number of hydrogen-bond donors (Lipinski definition) is 0. The van der Waals surface area contributed by atoms with E-state index in [1.165, 1.54) is 24.3 Å². The number of benzene rings is 4. The Balaban J connectivity index is 1.29. The number of aromatic nitrogens is 2. The summed E-state index contributed by atoms with van der Waals surface area (Å²) in [5.74, 6) is 1.01. The second kappa shape index (κ2) is 7.56. The van der Waals surface area contributed by atoms with Crippen LogP contribution >= 0.6 is 0 Å². The topological polar surface area (TPSA) is 61.3 Å². The molecule has 0 saturated heterocycles. The summed E-state index contributed by atoms with van der Waals surface area (Å²) < 4.78 is 44.6. The first-order valence-electron chi connectivity index (χ1n) is 10.1. The molecule has 160 valence electrons. The fourth-order valence-corrected chi connectivity index (χ4v) is 3.56. The molecule has 2 aromatic heterocycles. The summed E-state index contributed by atoms with van der Waals surface area (Å²) in [5.41, 5.74) is 3.40. The molecular formula is C26H14F2N2O3. The molecule has 0 amide bonds. The fourth-order valence-electron chi connectivity index (χ4n) is 3.56. The van der Waals surface area contributed by atoms with Crippen LogP contribution < -0.4 is 4.74 Å². The van der Waals surface area contributed by atoms with Gasteiger partial charge in [0, 0.05) is 23.3 Å². The highest BCUT2D eigenvalue weighted by Gasteiger charge is 2.12. The van der Waals surface area contributed by atoms with Gasteiger partial charge in [-0.25, -0.2) is 18.7 Å². The maximum atomic E-state index is 13.5. The molecule has 5 nitrogen and oxygen atoms in total. The number of ether oxygens (including phenoxy) is 1. The van der Waals surface area contributed by atoms with Crippen molar-refractivity contribution in [3.63, 3.8) is 0 Å². The molecule has 0 aliphatic heterocycles. The van der Waals surface area contributed by atoms with Crippen LogP contribution in [0.2, 0.25) is 0 Å². The van der Waals surface area contributed by atoms with Gasteiger partial charge in [-0.05, 0) is 60.7 Å². The predicted octanol–water partition coefficient (Wildman–Crippen LogP) is 7.37. The molecule has 33 heavy (non-hydrogen) atoms. The number of fused-ring (bicyclic) bond motifs is 2. The molecule has 0 aliphatic carbocycles. The van der Waals surface area contributed by atoms with Crippen LogP contribution in [0.5, 0.6) is 11.5 Å². The zero-order valence-corrected chi connectivity index (χ0v) is 17.0. The minimum atomic E-state index is -0.359. The summed E-state index contributed by atoms with van der Waals surface area (Å²) in [4.78, 5) is 8.82. The normalized spacial score (nSPS) is 11.3. The van der Waals surface area contributed by atoms with E-state index in [-0.39, 0.29) is 11.6 Å². The summed E-state index contributed by atoms with van der Waals surface area (Å²) in [6, 6.07) is 22.6. The van der Waals surface area contributed by atoms with Crippen molar-refractivity contribution >= 4 is 22.2 Å². The second-order valence-corrected chi connectivity index (χ2v) is 7.42. The van der Waals surface area contributed by atoms with Crippen molar-refractivity contribution in [2.45, 2.75) is 0 Å². The van der Waals surface area contributed by atoms with Crippen molar-refractivity contribution in [1.29, 1.82) is 0 Å². The fraction of sp³-hybridized carbons (Fsp3) is 0. The first-order valence-corrected chi connectivity index (χ1v) is 10.1. The lowest BCUT2D eigenvalue weighted by molar-refractivity contribution is 0.481. The number of hydrogen-bond acceptors (Lipinski definition) is 5. The molecule has 0 aliphatic rings. The molecule has 0 atom stereocenters. The Labute approximate surface area is 185 Å². The van der Waals surface area contributed by atoms with Crippen molar-refractivity contribution in [2.75, 3.05) is 0 Å². The number of oxazole rings is 2. The van der Waals surface area contributed by atoms with E-state index in [4.69, 9.17) is 13.6 Å². The smallest absolute Gasteiger partial charge is 0.227 e. The van der Waals surface area contributed by atoms with Crippen molar-refractivity contribution < 1.29 is 22.4 Å². The Morgan fingerprint density at radius 2 is 1.06 bits per heavy atom. The van der Waals surface area contributed by atoms with E-state index in [1.54, 1.807) is 60.7 Å².